The van der Waals surface area contributed by atoms with Crippen molar-refractivity contribution in [1.82, 2.24) is 4.98 Å². The average Bonchev–Trinajstić information content (AvgIpc) is 3.10. The van der Waals surface area contributed by atoms with E-state index < -0.39 is 0 Å². The predicted octanol–water partition coefficient (Wildman–Crippen LogP) is 3.78. The fourth-order valence-electron chi connectivity index (χ4n) is 2.55. The van der Waals surface area contributed by atoms with Crippen LogP contribution in [0.25, 0.3) is 5.57 Å². The van der Waals surface area contributed by atoms with E-state index in [9.17, 15) is 9.90 Å². The van der Waals surface area contributed by atoms with E-state index in [1.807, 2.05) is 12.3 Å². The third-order valence-electron chi connectivity index (χ3n) is 3.69. The quantitative estimate of drug-likeness (QED) is 0.813. The summed E-state index contributed by atoms with van der Waals surface area (Å²) in [6, 6.07) is 6.81. The Morgan fingerprint density at radius 1 is 1.36 bits per heavy atom. The van der Waals surface area contributed by atoms with Gasteiger partial charge in [-0.1, -0.05) is 0 Å². The lowest BCUT2D eigenvalue weighted by molar-refractivity contribution is 0.0378. The summed E-state index contributed by atoms with van der Waals surface area (Å²) in [4.78, 5) is 17.9. The molecule has 1 aromatic carbocycles. The van der Waals surface area contributed by atoms with Gasteiger partial charge in [0.05, 0.1) is 23.8 Å². The topological polar surface area (TPSA) is 86.5 Å². The van der Waals surface area contributed by atoms with Crippen LogP contribution >= 0.6 is 11.3 Å². The van der Waals surface area contributed by atoms with Crippen LogP contribution in [0.5, 0.6) is 0 Å². The van der Waals surface area contributed by atoms with Crippen molar-refractivity contribution in [2.24, 2.45) is 0 Å². The predicted molar refractivity (Wildman–Crippen MR) is 98.5 cm³/mol. The van der Waals surface area contributed by atoms with E-state index in [4.69, 9.17) is 10.1 Å². The van der Waals surface area contributed by atoms with Crippen molar-refractivity contribution in [3.05, 3.63) is 51.7 Å². The van der Waals surface area contributed by atoms with E-state index in [1.54, 1.807) is 43.0 Å². The third kappa shape index (κ3) is 3.41. The summed E-state index contributed by atoms with van der Waals surface area (Å²) >= 11 is 1.41. The van der Waals surface area contributed by atoms with E-state index in [2.05, 4.69) is 4.98 Å². The summed E-state index contributed by atoms with van der Waals surface area (Å²) in [6.07, 6.45) is -0.176. The number of hydrogen-bond acceptors (Lipinski definition) is 6. The Morgan fingerprint density at radius 2 is 2.04 bits per heavy atom. The number of benzene rings is 1. The van der Waals surface area contributed by atoms with E-state index in [0.29, 0.717) is 16.1 Å². The molecule has 0 aliphatic carbocycles. The smallest absolute Gasteiger partial charge is 0.338 e. The van der Waals surface area contributed by atoms with E-state index in [0.717, 1.165) is 11.4 Å². The molecule has 0 saturated carbocycles. The molecular formula is C18H19N3O3S. The fraction of sp³-hybridized carbons (Fsp3) is 0.278. The van der Waals surface area contributed by atoms with Crippen LogP contribution < -0.4 is 4.90 Å². The molecule has 0 saturated heterocycles. The van der Waals surface area contributed by atoms with Gasteiger partial charge in [0.1, 0.15) is 16.6 Å². The lowest BCUT2D eigenvalue weighted by atomic mass is 10.2. The number of aryl methyl sites for hydroxylation is 1. The van der Waals surface area contributed by atoms with Crippen LogP contribution in [0.2, 0.25) is 0 Å². The number of aliphatic hydroxyl groups excluding tert-OH is 1. The number of carbonyl (C=O) groups is 1. The van der Waals surface area contributed by atoms with Crippen LogP contribution in [0.3, 0.4) is 0 Å². The number of anilines is 1. The molecular weight excluding hydrogens is 338 g/mol. The van der Waals surface area contributed by atoms with Gasteiger partial charge in [-0.2, -0.15) is 0 Å². The molecule has 3 rings (SSSR count). The molecule has 7 heteroatoms. The molecule has 2 aromatic rings. The molecule has 0 amide bonds. The Morgan fingerprint density at radius 3 is 2.60 bits per heavy atom. The van der Waals surface area contributed by atoms with E-state index >= 15 is 0 Å². The van der Waals surface area contributed by atoms with Crippen molar-refractivity contribution in [3.63, 3.8) is 0 Å². The molecule has 130 valence electrons. The highest BCUT2D eigenvalue weighted by molar-refractivity contribution is 7.11. The maximum absolute atomic E-state index is 11.9. The highest BCUT2D eigenvalue weighted by atomic mass is 32.1. The van der Waals surface area contributed by atoms with Gasteiger partial charge in [0.15, 0.2) is 0 Å². The molecule has 0 radical (unpaired) electrons. The Bertz CT molecular complexity index is 853. The average molecular weight is 357 g/mol. The number of esters is 1. The van der Waals surface area contributed by atoms with Crippen molar-refractivity contribution >= 4 is 34.4 Å². The normalized spacial score (nSPS) is 14.6. The van der Waals surface area contributed by atoms with Crippen LogP contribution in [0.15, 0.2) is 35.4 Å². The SMILES string of the molecule is Cc1csc(C2=C(O)CN(c3ccc(C(=O)OC(C)C)cc3)C2=N)n1. The van der Waals surface area contributed by atoms with Gasteiger partial charge >= 0.3 is 5.97 Å². The number of aliphatic hydroxyl groups is 1. The molecule has 2 heterocycles. The Kier molecular flexibility index (Phi) is 4.59. The zero-order valence-corrected chi connectivity index (χ0v) is 15.1. The van der Waals surface area contributed by atoms with E-state index in [-0.39, 0.29) is 30.2 Å². The first-order chi connectivity index (χ1) is 11.9. The highest BCUT2D eigenvalue weighted by Crippen LogP contribution is 2.32. The maximum atomic E-state index is 11.9. The van der Waals surface area contributed by atoms with Crippen LogP contribution in [-0.2, 0) is 4.74 Å². The lowest BCUT2D eigenvalue weighted by Crippen LogP contribution is -2.26. The number of ether oxygens (including phenoxy) is 1. The number of nitrogens with zero attached hydrogens (tertiary/aromatic N) is 2. The lowest BCUT2D eigenvalue weighted by Gasteiger charge is -2.19. The minimum Gasteiger partial charge on any atom is -0.510 e. The van der Waals surface area contributed by atoms with Crippen molar-refractivity contribution in [1.29, 1.82) is 5.41 Å². The molecule has 1 aliphatic heterocycles. The highest BCUT2D eigenvalue weighted by Gasteiger charge is 2.31. The molecule has 1 aliphatic rings. The number of hydrogen-bond donors (Lipinski definition) is 2. The molecule has 0 bridgehead atoms. The van der Waals surface area contributed by atoms with Gasteiger partial charge in [-0.3, -0.25) is 5.41 Å². The minimum atomic E-state index is -0.377. The van der Waals surface area contributed by atoms with Crippen LogP contribution in [0, 0.1) is 12.3 Å². The van der Waals surface area contributed by atoms with Gasteiger partial charge in [0.25, 0.3) is 0 Å². The van der Waals surface area contributed by atoms with Crippen molar-refractivity contribution in [2.45, 2.75) is 26.9 Å². The molecule has 0 spiro atoms. The number of thiazole rings is 1. The van der Waals surface area contributed by atoms with E-state index in [1.165, 1.54) is 11.3 Å². The van der Waals surface area contributed by atoms with Crippen molar-refractivity contribution in [3.8, 4) is 0 Å². The summed E-state index contributed by atoms with van der Waals surface area (Å²) in [5, 5.41) is 21.2. The molecule has 0 atom stereocenters. The van der Waals surface area contributed by atoms with Gasteiger partial charge in [0, 0.05) is 16.8 Å². The van der Waals surface area contributed by atoms with Crippen LogP contribution in [0.4, 0.5) is 5.69 Å². The monoisotopic (exact) mass is 357 g/mol. The van der Waals surface area contributed by atoms with Gasteiger partial charge < -0.3 is 14.7 Å². The standard InChI is InChI=1S/C18H19N3O3S/c1-10(2)24-18(23)12-4-6-13(7-5-12)21-8-14(22)15(16(21)19)17-20-11(3)9-25-17/h4-7,9-10,19,22H,8H2,1-3H3. The first-order valence-electron chi connectivity index (χ1n) is 7.89. The zero-order valence-electron chi connectivity index (χ0n) is 14.2. The fourth-order valence-corrected chi connectivity index (χ4v) is 3.42. The van der Waals surface area contributed by atoms with Crippen molar-refractivity contribution < 1.29 is 14.6 Å². The molecule has 2 N–H and O–H groups in total. The second-order valence-corrected chi connectivity index (χ2v) is 6.91. The summed E-state index contributed by atoms with van der Waals surface area (Å²) in [5.41, 5.74) is 2.50. The number of amidine groups is 1. The summed E-state index contributed by atoms with van der Waals surface area (Å²) in [5.74, 6) is -0.0510. The van der Waals surface area contributed by atoms with Crippen LogP contribution in [0.1, 0.15) is 34.9 Å². The van der Waals surface area contributed by atoms with Gasteiger partial charge in [0.2, 0.25) is 0 Å². The molecule has 6 nitrogen and oxygen atoms in total. The number of carbonyl (C=O) groups excluding carboxylic acids is 1. The summed E-state index contributed by atoms with van der Waals surface area (Å²) in [6.45, 7) is 5.69. The number of aromatic nitrogens is 1. The molecule has 0 fully saturated rings. The third-order valence-corrected chi connectivity index (χ3v) is 4.67. The van der Waals surface area contributed by atoms with Gasteiger partial charge in [-0.05, 0) is 45.0 Å². The molecule has 25 heavy (non-hydrogen) atoms. The van der Waals surface area contributed by atoms with Gasteiger partial charge in [-0.25, -0.2) is 9.78 Å². The first kappa shape index (κ1) is 17.2. The molecule has 0 unspecified atom stereocenters. The Hall–Kier alpha value is -2.67. The largest absolute Gasteiger partial charge is 0.510 e. The Balaban J connectivity index is 1.80. The zero-order chi connectivity index (χ0) is 18.1. The first-order valence-corrected chi connectivity index (χ1v) is 8.77. The van der Waals surface area contributed by atoms with Crippen LogP contribution in [-0.4, -0.2) is 34.5 Å². The summed E-state index contributed by atoms with van der Waals surface area (Å²) in [7, 11) is 0. The van der Waals surface area contributed by atoms with Gasteiger partial charge in [-0.15, -0.1) is 11.3 Å². The second kappa shape index (κ2) is 6.68. The van der Waals surface area contributed by atoms with Crippen molar-refractivity contribution in [2.75, 3.05) is 11.4 Å². The second-order valence-electron chi connectivity index (χ2n) is 6.05. The maximum Gasteiger partial charge on any atom is 0.338 e. The number of nitrogens with one attached hydrogen (secondary N) is 1. The Labute approximate surface area is 149 Å². The minimum absolute atomic E-state index is 0.127. The summed E-state index contributed by atoms with van der Waals surface area (Å²) < 4.78 is 5.17. The number of rotatable bonds is 4. The molecule has 1 aromatic heterocycles.